The summed E-state index contributed by atoms with van der Waals surface area (Å²) in [6.07, 6.45) is -0.480. The first-order chi connectivity index (χ1) is 11.5. The van der Waals surface area contributed by atoms with E-state index in [9.17, 15) is 14.3 Å². The topological polar surface area (TPSA) is 61.8 Å². The van der Waals surface area contributed by atoms with Crippen molar-refractivity contribution >= 4 is 18.3 Å². The zero-order chi connectivity index (χ0) is 17.5. The monoisotopic (exact) mass is 374 g/mol. The summed E-state index contributed by atoms with van der Waals surface area (Å²) in [4.78, 5) is 14.3. The molecule has 1 fully saturated rings. The number of amides is 1. The van der Waals surface area contributed by atoms with E-state index in [-0.39, 0.29) is 36.7 Å². The highest BCUT2D eigenvalue weighted by Crippen LogP contribution is 2.17. The van der Waals surface area contributed by atoms with Gasteiger partial charge in [-0.15, -0.1) is 12.4 Å². The number of hydrogen-bond acceptors (Lipinski definition) is 4. The van der Waals surface area contributed by atoms with Crippen molar-refractivity contribution < 1.29 is 19.0 Å². The van der Waals surface area contributed by atoms with Gasteiger partial charge in [-0.05, 0) is 23.6 Å². The predicted molar refractivity (Wildman–Crippen MR) is 97.3 cm³/mol. The lowest BCUT2D eigenvalue weighted by Gasteiger charge is -2.30. The molecule has 2 atom stereocenters. The maximum atomic E-state index is 13.0. The minimum Gasteiger partial charge on any atom is -0.387 e. The molecule has 2 N–H and O–H groups in total. The van der Waals surface area contributed by atoms with Crippen molar-refractivity contribution in [2.45, 2.75) is 32.4 Å². The van der Waals surface area contributed by atoms with Crippen LogP contribution in [0.1, 0.15) is 31.9 Å². The minimum absolute atomic E-state index is 0. The smallest absolute Gasteiger partial charge is 0.224 e. The number of nitrogens with one attached hydrogen (secondary N) is 1. The Labute approximate surface area is 155 Å². The Morgan fingerprint density at radius 1 is 1.36 bits per heavy atom. The molecule has 0 radical (unpaired) electrons. The normalized spacial score (nSPS) is 18.5. The molecule has 2 rings (SSSR count). The Bertz CT molecular complexity index is 522. The Hall–Kier alpha value is -1.21. The molecule has 2 unspecified atom stereocenters. The second-order valence-corrected chi connectivity index (χ2v) is 6.69. The van der Waals surface area contributed by atoms with Crippen molar-refractivity contribution in [3.8, 4) is 0 Å². The molecule has 1 aliphatic rings. The maximum Gasteiger partial charge on any atom is 0.224 e. The summed E-state index contributed by atoms with van der Waals surface area (Å²) in [7, 11) is 0. The number of carbonyl (C=O) groups excluding carboxylic acids is 1. The zero-order valence-electron chi connectivity index (χ0n) is 14.8. The number of carbonyl (C=O) groups is 1. The molecule has 0 bridgehead atoms. The van der Waals surface area contributed by atoms with E-state index >= 15 is 0 Å². The van der Waals surface area contributed by atoms with Gasteiger partial charge in [0.2, 0.25) is 5.91 Å². The molecule has 142 valence electrons. The van der Waals surface area contributed by atoms with Crippen molar-refractivity contribution in [2.75, 3.05) is 32.8 Å². The molecule has 1 aromatic rings. The Morgan fingerprint density at radius 2 is 2.04 bits per heavy atom. The third kappa shape index (κ3) is 7.28. The van der Waals surface area contributed by atoms with Gasteiger partial charge in [-0.1, -0.05) is 26.0 Å². The number of hydrogen-bond donors (Lipinski definition) is 2. The number of morpholine rings is 1. The van der Waals surface area contributed by atoms with E-state index in [1.165, 1.54) is 12.1 Å². The molecule has 1 saturated heterocycles. The average Bonchev–Trinajstić information content (AvgIpc) is 2.55. The molecule has 0 saturated carbocycles. The van der Waals surface area contributed by atoms with Gasteiger partial charge < -0.3 is 20.1 Å². The molecule has 7 heteroatoms. The fraction of sp³-hybridized carbons (Fsp3) is 0.611. The summed E-state index contributed by atoms with van der Waals surface area (Å²) in [5, 5.41) is 13.7. The molecule has 1 aromatic carbocycles. The first-order valence-corrected chi connectivity index (χ1v) is 8.48. The molecular weight excluding hydrogens is 347 g/mol. The first kappa shape index (κ1) is 21.8. The van der Waals surface area contributed by atoms with E-state index < -0.39 is 6.10 Å². The van der Waals surface area contributed by atoms with E-state index in [2.05, 4.69) is 5.32 Å². The lowest BCUT2D eigenvalue weighted by atomic mass is 10.1. The number of halogens is 2. The summed E-state index contributed by atoms with van der Waals surface area (Å²) in [6.45, 7) is 6.80. The second kappa shape index (κ2) is 10.7. The van der Waals surface area contributed by atoms with Gasteiger partial charge in [0.15, 0.2) is 0 Å². The van der Waals surface area contributed by atoms with Gasteiger partial charge in [0.05, 0.1) is 25.9 Å². The van der Waals surface area contributed by atoms with E-state index in [0.29, 0.717) is 37.7 Å². The number of aliphatic hydroxyl groups excluding tert-OH is 1. The largest absolute Gasteiger partial charge is 0.387 e. The third-order valence-electron chi connectivity index (χ3n) is 4.01. The van der Waals surface area contributed by atoms with Gasteiger partial charge in [0.1, 0.15) is 5.82 Å². The zero-order valence-corrected chi connectivity index (χ0v) is 15.6. The van der Waals surface area contributed by atoms with Crippen LogP contribution < -0.4 is 5.32 Å². The fourth-order valence-electron chi connectivity index (χ4n) is 2.81. The highest BCUT2D eigenvalue weighted by molar-refractivity contribution is 5.85. The summed E-state index contributed by atoms with van der Waals surface area (Å²) < 4.78 is 18.4. The Morgan fingerprint density at radius 3 is 2.60 bits per heavy atom. The van der Waals surface area contributed by atoms with Crippen molar-refractivity contribution in [1.29, 1.82) is 0 Å². The fourth-order valence-corrected chi connectivity index (χ4v) is 2.81. The van der Waals surface area contributed by atoms with Crippen LogP contribution in [0.15, 0.2) is 24.3 Å². The molecular formula is C18H28ClFN2O3. The van der Waals surface area contributed by atoms with Gasteiger partial charge >= 0.3 is 0 Å². The van der Waals surface area contributed by atoms with Gasteiger partial charge in [0.25, 0.3) is 0 Å². The first-order valence-electron chi connectivity index (χ1n) is 8.48. The Kier molecular flexibility index (Phi) is 9.35. The van der Waals surface area contributed by atoms with Crippen molar-refractivity contribution in [3.63, 3.8) is 0 Å². The summed E-state index contributed by atoms with van der Waals surface area (Å²) in [6, 6.07) is 5.75. The maximum absolute atomic E-state index is 13.0. The van der Waals surface area contributed by atoms with E-state index in [0.717, 1.165) is 6.54 Å². The van der Waals surface area contributed by atoms with Gasteiger partial charge in [-0.3, -0.25) is 4.79 Å². The molecule has 5 nitrogen and oxygen atoms in total. The van der Waals surface area contributed by atoms with Crippen LogP contribution in [-0.2, 0) is 9.53 Å². The predicted octanol–water partition coefficient (Wildman–Crippen LogP) is 2.14. The van der Waals surface area contributed by atoms with Crippen LogP contribution in [0.4, 0.5) is 4.39 Å². The molecule has 0 aliphatic carbocycles. The highest BCUT2D eigenvalue weighted by Gasteiger charge is 2.24. The van der Waals surface area contributed by atoms with Crippen molar-refractivity contribution in [2.24, 2.45) is 5.92 Å². The molecule has 0 aromatic heterocycles. The lowest BCUT2D eigenvalue weighted by Crippen LogP contribution is -2.46. The van der Waals surface area contributed by atoms with Crippen molar-refractivity contribution in [1.82, 2.24) is 10.2 Å². The van der Waals surface area contributed by atoms with Crippen LogP contribution in [-0.4, -0.2) is 54.8 Å². The van der Waals surface area contributed by atoms with Gasteiger partial charge in [-0.25, -0.2) is 4.39 Å². The number of ether oxygens (including phenoxy) is 1. The second-order valence-electron chi connectivity index (χ2n) is 6.69. The standard InChI is InChI=1S/C18H27FN2O3.ClH/c1-13(2)10-21(18(23)9-16-12-24-8-7-20-16)11-17(22)14-3-5-15(19)6-4-14;/h3-6,13,16-17,20,22H,7-12H2,1-2H3;1H. The number of nitrogens with zero attached hydrogens (tertiary/aromatic N) is 1. The van der Waals surface area contributed by atoms with Crippen LogP contribution in [0.2, 0.25) is 0 Å². The number of rotatable bonds is 7. The summed E-state index contributed by atoms with van der Waals surface area (Å²) in [5.41, 5.74) is 0.608. The van der Waals surface area contributed by atoms with E-state index in [1.54, 1.807) is 17.0 Å². The van der Waals surface area contributed by atoms with Crippen LogP contribution in [0.25, 0.3) is 0 Å². The quantitative estimate of drug-likeness (QED) is 0.767. The van der Waals surface area contributed by atoms with Crippen LogP contribution >= 0.6 is 12.4 Å². The van der Waals surface area contributed by atoms with Crippen LogP contribution in [0.5, 0.6) is 0 Å². The molecule has 1 amide bonds. The SMILES string of the molecule is CC(C)CN(CC(O)c1ccc(F)cc1)C(=O)CC1COCCN1.Cl. The summed E-state index contributed by atoms with van der Waals surface area (Å²) >= 11 is 0. The Balaban J connectivity index is 0.00000312. The molecule has 1 heterocycles. The number of aliphatic hydroxyl groups is 1. The highest BCUT2D eigenvalue weighted by atomic mass is 35.5. The number of benzene rings is 1. The molecule has 0 spiro atoms. The van der Waals surface area contributed by atoms with Gasteiger partial charge in [-0.2, -0.15) is 0 Å². The molecule has 25 heavy (non-hydrogen) atoms. The van der Waals surface area contributed by atoms with Crippen LogP contribution in [0, 0.1) is 11.7 Å². The summed E-state index contributed by atoms with van der Waals surface area (Å²) in [5.74, 6) is -0.0535. The van der Waals surface area contributed by atoms with Crippen molar-refractivity contribution in [3.05, 3.63) is 35.6 Å². The third-order valence-corrected chi connectivity index (χ3v) is 4.01. The molecule has 1 aliphatic heterocycles. The van der Waals surface area contributed by atoms with E-state index in [4.69, 9.17) is 4.74 Å². The average molecular weight is 375 g/mol. The van der Waals surface area contributed by atoms with Crippen LogP contribution in [0.3, 0.4) is 0 Å². The lowest BCUT2D eigenvalue weighted by molar-refractivity contribution is -0.134. The van der Waals surface area contributed by atoms with E-state index in [1.807, 2.05) is 13.8 Å². The van der Waals surface area contributed by atoms with Gasteiger partial charge in [0, 0.05) is 25.6 Å². The minimum atomic E-state index is -0.830.